The average molecular weight is 450 g/mol. The number of thiophene rings is 1. The maximum absolute atomic E-state index is 13.3. The highest BCUT2D eigenvalue weighted by atomic mass is 32.1. The molecule has 0 aliphatic carbocycles. The second kappa shape index (κ2) is 9.22. The van der Waals surface area contributed by atoms with Gasteiger partial charge in [0.1, 0.15) is 4.83 Å². The molecule has 0 amide bonds. The standard InChI is InChI=1S/C25H27N3O3S/c1-16-6-8-19(9-7-16)21-14-32-24-23(21)25(30)27(15-26-24)13-22(29)20-12-17(2)28(18(20)3)10-5-11-31-4/h6-9,12,14-15H,5,10-11,13H2,1-4H3. The van der Waals surface area contributed by atoms with Crippen LogP contribution in [-0.2, 0) is 17.8 Å². The lowest BCUT2D eigenvalue weighted by Gasteiger charge is -2.10. The van der Waals surface area contributed by atoms with E-state index in [1.165, 1.54) is 22.2 Å². The minimum Gasteiger partial charge on any atom is -0.385 e. The SMILES string of the molecule is COCCCn1c(C)cc(C(=O)Cn2cnc3scc(-c4ccc(C)cc4)c3c2=O)c1C. The molecule has 0 fully saturated rings. The molecule has 32 heavy (non-hydrogen) atoms. The molecule has 0 unspecified atom stereocenters. The molecule has 6 nitrogen and oxygen atoms in total. The first kappa shape index (κ1) is 22.2. The van der Waals surface area contributed by atoms with Gasteiger partial charge in [-0.05, 0) is 38.8 Å². The van der Waals surface area contributed by atoms with Crippen LogP contribution in [0.15, 0.2) is 46.8 Å². The van der Waals surface area contributed by atoms with E-state index in [4.69, 9.17) is 4.74 Å². The normalized spacial score (nSPS) is 11.4. The smallest absolute Gasteiger partial charge is 0.263 e. The second-order valence-corrected chi connectivity index (χ2v) is 8.94. The number of hydrogen-bond acceptors (Lipinski definition) is 5. The second-order valence-electron chi connectivity index (χ2n) is 8.08. The summed E-state index contributed by atoms with van der Waals surface area (Å²) in [5.41, 5.74) is 5.41. The molecular formula is C25H27N3O3S. The molecule has 3 aromatic heterocycles. The molecule has 0 aliphatic heterocycles. The molecule has 4 rings (SSSR count). The van der Waals surface area contributed by atoms with Crippen LogP contribution in [-0.4, -0.2) is 33.6 Å². The Balaban J connectivity index is 1.65. The van der Waals surface area contributed by atoms with Gasteiger partial charge < -0.3 is 9.30 Å². The number of rotatable bonds is 8. The predicted molar refractivity (Wildman–Crippen MR) is 129 cm³/mol. The van der Waals surface area contributed by atoms with Crippen molar-refractivity contribution >= 4 is 27.3 Å². The summed E-state index contributed by atoms with van der Waals surface area (Å²) in [4.78, 5) is 31.6. The van der Waals surface area contributed by atoms with E-state index in [1.54, 1.807) is 7.11 Å². The Bertz CT molecular complexity index is 1330. The number of carbonyl (C=O) groups excluding carboxylic acids is 1. The Morgan fingerprint density at radius 1 is 1.16 bits per heavy atom. The first-order chi connectivity index (χ1) is 15.4. The topological polar surface area (TPSA) is 66.1 Å². The molecule has 0 atom stereocenters. The van der Waals surface area contributed by atoms with Crippen molar-refractivity contribution in [2.75, 3.05) is 13.7 Å². The lowest BCUT2D eigenvalue weighted by atomic mass is 10.1. The summed E-state index contributed by atoms with van der Waals surface area (Å²) in [6.45, 7) is 7.41. The van der Waals surface area contributed by atoms with Crippen LogP contribution >= 0.6 is 11.3 Å². The number of aromatic nitrogens is 3. The van der Waals surface area contributed by atoms with E-state index in [2.05, 4.69) is 9.55 Å². The Morgan fingerprint density at radius 3 is 2.62 bits per heavy atom. The van der Waals surface area contributed by atoms with Crippen LogP contribution in [0.2, 0.25) is 0 Å². The number of aryl methyl sites for hydroxylation is 2. The molecule has 0 bridgehead atoms. The molecule has 0 aliphatic rings. The molecule has 1 aromatic carbocycles. The lowest BCUT2D eigenvalue weighted by Crippen LogP contribution is -2.24. The average Bonchev–Trinajstić information content (AvgIpc) is 3.33. The largest absolute Gasteiger partial charge is 0.385 e. The number of methoxy groups -OCH3 is 1. The van der Waals surface area contributed by atoms with Crippen LogP contribution in [0.4, 0.5) is 0 Å². The monoisotopic (exact) mass is 449 g/mol. The van der Waals surface area contributed by atoms with Crippen molar-refractivity contribution in [2.24, 2.45) is 0 Å². The molecule has 0 saturated heterocycles. The summed E-state index contributed by atoms with van der Waals surface area (Å²) in [5, 5.41) is 2.53. The summed E-state index contributed by atoms with van der Waals surface area (Å²) in [6.07, 6.45) is 2.36. The van der Waals surface area contributed by atoms with E-state index in [9.17, 15) is 9.59 Å². The maximum Gasteiger partial charge on any atom is 0.263 e. The van der Waals surface area contributed by atoms with Crippen molar-refractivity contribution in [2.45, 2.75) is 40.3 Å². The van der Waals surface area contributed by atoms with Gasteiger partial charge in [0.2, 0.25) is 0 Å². The molecule has 0 radical (unpaired) electrons. The van der Waals surface area contributed by atoms with E-state index >= 15 is 0 Å². The minimum absolute atomic E-state index is 0.0344. The summed E-state index contributed by atoms with van der Waals surface area (Å²) in [6, 6.07) is 9.98. The minimum atomic E-state index is -0.186. The van der Waals surface area contributed by atoms with Crippen molar-refractivity contribution in [1.29, 1.82) is 0 Å². The maximum atomic E-state index is 13.3. The number of ether oxygens (including phenoxy) is 1. The van der Waals surface area contributed by atoms with Crippen LogP contribution in [0.5, 0.6) is 0 Å². The van der Waals surface area contributed by atoms with Crippen LogP contribution in [0.25, 0.3) is 21.3 Å². The van der Waals surface area contributed by atoms with Gasteiger partial charge in [-0.1, -0.05) is 29.8 Å². The lowest BCUT2D eigenvalue weighted by molar-refractivity contribution is 0.0970. The van der Waals surface area contributed by atoms with Gasteiger partial charge in [-0.3, -0.25) is 14.2 Å². The Labute approximate surface area is 191 Å². The van der Waals surface area contributed by atoms with Crippen LogP contribution in [0, 0.1) is 20.8 Å². The fourth-order valence-electron chi connectivity index (χ4n) is 4.06. The van der Waals surface area contributed by atoms with Gasteiger partial charge >= 0.3 is 0 Å². The Hall–Kier alpha value is -3.03. The zero-order chi connectivity index (χ0) is 22.8. The number of benzene rings is 1. The number of hydrogen-bond donors (Lipinski definition) is 0. The molecule has 0 N–H and O–H groups in total. The fraction of sp³-hybridized carbons (Fsp3) is 0.320. The van der Waals surface area contributed by atoms with Gasteiger partial charge in [-0.25, -0.2) is 4.98 Å². The summed E-state index contributed by atoms with van der Waals surface area (Å²) in [7, 11) is 1.69. The van der Waals surface area contributed by atoms with Crippen molar-refractivity contribution in [3.8, 4) is 11.1 Å². The first-order valence-corrected chi connectivity index (χ1v) is 11.5. The third-order valence-electron chi connectivity index (χ3n) is 5.84. The summed E-state index contributed by atoms with van der Waals surface area (Å²) >= 11 is 1.45. The van der Waals surface area contributed by atoms with E-state index in [1.807, 2.05) is 56.5 Å². The molecule has 3 heterocycles. The third kappa shape index (κ3) is 4.18. The van der Waals surface area contributed by atoms with Crippen LogP contribution in [0.1, 0.15) is 33.7 Å². The molecule has 166 valence electrons. The molecule has 0 saturated carbocycles. The summed E-state index contributed by atoms with van der Waals surface area (Å²) in [5.74, 6) is -0.0912. The highest BCUT2D eigenvalue weighted by Crippen LogP contribution is 2.30. The van der Waals surface area contributed by atoms with Gasteiger partial charge in [0, 0.05) is 48.2 Å². The van der Waals surface area contributed by atoms with E-state index in [0.29, 0.717) is 22.4 Å². The number of fused-ring (bicyclic) bond motifs is 1. The Kier molecular flexibility index (Phi) is 6.39. The van der Waals surface area contributed by atoms with Gasteiger partial charge in [-0.15, -0.1) is 11.3 Å². The van der Waals surface area contributed by atoms with E-state index < -0.39 is 0 Å². The highest BCUT2D eigenvalue weighted by molar-refractivity contribution is 7.17. The van der Waals surface area contributed by atoms with Gasteiger partial charge in [0.25, 0.3) is 5.56 Å². The number of nitrogens with zero attached hydrogens (tertiary/aromatic N) is 3. The van der Waals surface area contributed by atoms with Gasteiger partial charge in [0.05, 0.1) is 18.3 Å². The molecule has 7 heteroatoms. The number of carbonyl (C=O) groups is 1. The summed E-state index contributed by atoms with van der Waals surface area (Å²) < 4.78 is 8.69. The van der Waals surface area contributed by atoms with Crippen molar-refractivity contribution < 1.29 is 9.53 Å². The van der Waals surface area contributed by atoms with Crippen LogP contribution in [0.3, 0.4) is 0 Å². The van der Waals surface area contributed by atoms with Gasteiger partial charge in [-0.2, -0.15) is 0 Å². The Morgan fingerprint density at radius 2 is 1.91 bits per heavy atom. The van der Waals surface area contributed by atoms with Crippen molar-refractivity contribution in [3.05, 3.63) is 74.9 Å². The van der Waals surface area contributed by atoms with Gasteiger partial charge in [0.15, 0.2) is 5.78 Å². The van der Waals surface area contributed by atoms with Crippen molar-refractivity contribution in [1.82, 2.24) is 14.1 Å². The third-order valence-corrected chi connectivity index (χ3v) is 6.73. The van der Waals surface area contributed by atoms with E-state index in [0.717, 1.165) is 41.0 Å². The predicted octanol–water partition coefficient (Wildman–Crippen LogP) is 4.77. The molecular weight excluding hydrogens is 422 g/mol. The van der Waals surface area contributed by atoms with Crippen molar-refractivity contribution in [3.63, 3.8) is 0 Å². The molecule has 4 aromatic rings. The quantitative estimate of drug-likeness (QED) is 0.287. The number of ketones is 1. The van der Waals surface area contributed by atoms with Crippen LogP contribution < -0.4 is 5.56 Å². The fourth-order valence-corrected chi connectivity index (χ4v) is 4.97. The number of Topliss-reactive ketones (excluding diaryl/α,β-unsaturated/α-hetero) is 1. The molecule has 0 spiro atoms. The zero-order valence-corrected chi connectivity index (χ0v) is 19.7. The van der Waals surface area contributed by atoms with E-state index in [-0.39, 0.29) is 17.9 Å². The zero-order valence-electron chi connectivity index (χ0n) is 18.8. The highest BCUT2D eigenvalue weighted by Gasteiger charge is 2.19. The first-order valence-electron chi connectivity index (χ1n) is 10.6.